The molecule has 0 bridgehead atoms. The Morgan fingerprint density at radius 3 is 2.17 bits per heavy atom. The van der Waals surface area contributed by atoms with E-state index in [-0.39, 0.29) is 35.5 Å². The van der Waals surface area contributed by atoms with Gasteiger partial charge in [0, 0.05) is 19.0 Å². The lowest BCUT2D eigenvalue weighted by atomic mass is 10.0. The Labute approximate surface area is 276 Å². The second-order valence-corrected chi connectivity index (χ2v) is 13.7. The first-order valence-electron chi connectivity index (χ1n) is 15.8. The zero-order chi connectivity index (χ0) is 33.4. The van der Waals surface area contributed by atoms with Crippen LogP contribution in [0.3, 0.4) is 0 Å². The van der Waals surface area contributed by atoms with Gasteiger partial charge in [-0.2, -0.15) is 0 Å². The Balaban J connectivity index is 1.56. The summed E-state index contributed by atoms with van der Waals surface area (Å²) in [6.45, 7) is 1.40. The van der Waals surface area contributed by atoms with E-state index in [2.05, 4.69) is 5.32 Å². The molecule has 0 radical (unpaired) electrons. The molecule has 8 nitrogen and oxygen atoms in total. The van der Waals surface area contributed by atoms with Crippen LogP contribution in [-0.4, -0.2) is 50.9 Å². The molecule has 1 N–H and O–H groups in total. The summed E-state index contributed by atoms with van der Waals surface area (Å²) in [5.41, 5.74) is 2.74. The molecule has 0 aromatic heterocycles. The van der Waals surface area contributed by atoms with Gasteiger partial charge in [0.05, 0.1) is 17.7 Å². The van der Waals surface area contributed by atoms with Crippen molar-refractivity contribution >= 4 is 27.5 Å². The number of hydrogen-bond acceptors (Lipinski definition) is 5. The molecule has 5 rings (SSSR count). The van der Waals surface area contributed by atoms with Crippen molar-refractivity contribution in [2.24, 2.45) is 0 Å². The van der Waals surface area contributed by atoms with Crippen molar-refractivity contribution in [3.8, 4) is 5.75 Å². The van der Waals surface area contributed by atoms with Crippen LogP contribution in [0.5, 0.6) is 5.75 Å². The highest BCUT2D eigenvalue weighted by molar-refractivity contribution is 7.92. The molecule has 4 aromatic carbocycles. The number of rotatable bonds is 13. The van der Waals surface area contributed by atoms with Crippen LogP contribution < -0.4 is 14.4 Å². The maximum Gasteiger partial charge on any atom is 0.264 e. The van der Waals surface area contributed by atoms with Crippen LogP contribution in [0.15, 0.2) is 108 Å². The summed E-state index contributed by atoms with van der Waals surface area (Å²) in [6.07, 6.45) is 4.02. The van der Waals surface area contributed by atoms with E-state index in [1.165, 1.54) is 48.4 Å². The van der Waals surface area contributed by atoms with Crippen molar-refractivity contribution in [3.05, 3.63) is 126 Å². The fraction of sp³-hybridized carbons (Fsp3) is 0.297. The number of carbonyl (C=O) groups is 2. The molecular weight excluding hydrogens is 617 g/mol. The summed E-state index contributed by atoms with van der Waals surface area (Å²) in [5, 5.41) is 3.17. The van der Waals surface area contributed by atoms with Crippen LogP contribution in [0.1, 0.15) is 42.4 Å². The van der Waals surface area contributed by atoms with E-state index in [0.29, 0.717) is 5.75 Å². The van der Waals surface area contributed by atoms with Crippen molar-refractivity contribution in [1.82, 2.24) is 10.2 Å². The molecule has 47 heavy (non-hydrogen) atoms. The predicted molar refractivity (Wildman–Crippen MR) is 180 cm³/mol. The van der Waals surface area contributed by atoms with Crippen molar-refractivity contribution < 1.29 is 27.1 Å². The Bertz CT molecular complexity index is 1760. The topological polar surface area (TPSA) is 96.0 Å². The van der Waals surface area contributed by atoms with Gasteiger partial charge < -0.3 is 15.0 Å². The monoisotopic (exact) mass is 657 g/mol. The highest BCUT2D eigenvalue weighted by atomic mass is 32.2. The Morgan fingerprint density at radius 1 is 0.894 bits per heavy atom. The average Bonchev–Trinajstić information content (AvgIpc) is 3.60. The zero-order valence-corrected chi connectivity index (χ0v) is 27.5. The van der Waals surface area contributed by atoms with Crippen molar-refractivity contribution in [1.29, 1.82) is 0 Å². The first-order chi connectivity index (χ1) is 22.7. The maximum absolute atomic E-state index is 14.6. The van der Waals surface area contributed by atoms with Gasteiger partial charge >= 0.3 is 0 Å². The highest BCUT2D eigenvalue weighted by Crippen LogP contribution is 2.27. The standard InChI is InChI=1S/C37H40FN3O5S/c1-27-10-6-7-13-29(27)25-40(35(24-28-11-4-3-5-12-28)37(43)39-31-14-8-9-15-31)36(42)26-41(32-18-16-30(38)17-19-32)47(44,45)34-22-20-33(46-2)21-23-34/h3-7,10-13,16-23,31,35H,8-9,14-15,24-26H2,1-2H3,(H,39,43). The Morgan fingerprint density at radius 2 is 1.53 bits per heavy atom. The molecule has 10 heteroatoms. The molecular formula is C37H40FN3O5S. The van der Waals surface area contributed by atoms with E-state index >= 15 is 0 Å². The predicted octanol–water partition coefficient (Wildman–Crippen LogP) is 6.04. The molecule has 0 saturated heterocycles. The van der Waals surface area contributed by atoms with E-state index in [4.69, 9.17) is 4.74 Å². The number of hydrogen-bond donors (Lipinski definition) is 1. The van der Waals surface area contributed by atoms with Gasteiger partial charge in [0.1, 0.15) is 24.2 Å². The number of halogens is 1. The fourth-order valence-electron chi connectivity index (χ4n) is 5.90. The fourth-order valence-corrected chi connectivity index (χ4v) is 7.32. The van der Waals surface area contributed by atoms with Crippen LogP contribution >= 0.6 is 0 Å². The third-order valence-corrected chi connectivity index (χ3v) is 10.4. The van der Waals surface area contributed by atoms with E-state index in [9.17, 15) is 22.4 Å². The SMILES string of the molecule is COc1ccc(S(=O)(=O)N(CC(=O)N(Cc2ccccc2C)C(Cc2ccccc2)C(=O)NC2CCCC2)c2ccc(F)cc2)cc1. The lowest BCUT2D eigenvalue weighted by molar-refractivity contribution is -0.140. The first kappa shape index (κ1) is 33.7. The van der Waals surface area contributed by atoms with Crippen LogP contribution in [-0.2, 0) is 32.6 Å². The number of nitrogens with zero attached hydrogens (tertiary/aromatic N) is 2. The van der Waals surface area contributed by atoms with E-state index in [1.807, 2.05) is 61.5 Å². The largest absolute Gasteiger partial charge is 0.497 e. The van der Waals surface area contributed by atoms with Gasteiger partial charge in [-0.25, -0.2) is 12.8 Å². The van der Waals surface area contributed by atoms with Crippen LogP contribution in [0.2, 0.25) is 0 Å². The lowest BCUT2D eigenvalue weighted by Gasteiger charge is -2.34. The summed E-state index contributed by atoms with van der Waals surface area (Å²) < 4.78 is 48.5. The second kappa shape index (κ2) is 15.3. The molecule has 1 saturated carbocycles. The van der Waals surface area contributed by atoms with Crippen molar-refractivity contribution in [2.45, 2.75) is 62.6 Å². The Hall–Kier alpha value is -4.70. The van der Waals surface area contributed by atoms with Gasteiger partial charge in [-0.15, -0.1) is 0 Å². The number of benzene rings is 4. The number of amides is 2. The minimum absolute atomic E-state index is 0.0161. The summed E-state index contributed by atoms with van der Waals surface area (Å²) in [7, 11) is -2.84. The molecule has 246 valence electrons. The second-order valence-electron chi connectivity index (χ2n) is 11.8. The van der Waals surface area contributed by atoms with Gasteiger partial charge in [0.15, 0.2) is 0 Å². The minimum Gasteiger partial charge on any atom is -0.497 e. The van der Waals surface area contributed by atoms with Gasteiger partial charge in [-0.1, -0.05) is 67.4 Å². The smallest absolute Gasteiger partial charge is 0.264 e. The number of sulfonamides is 1. The quantitative estimate of drug-likeness (QED) is 0.189. The molecule has 0 aliphatic heterocycles. The number of methoxy groups -OCH3 is 1. The number of aryl methyl sites for hydroxylation is 1. The van der Waals surface area contributed by atoms with Gasteiger partial charge in [-0.3, -0.25) is 13.9 Å². The van der Waals surface area contributed by atoms with Crippen LogP contribution in [0.4, 0.5) is 10.1 Å². The number of carbonyl (C=O) groups excluding carboxylic acids is 2. The minimum atomic E-state index is -4.32. The Kier molecular flexibility index (Phi) is 10.9. The van der Waals surface area contributed by atoms with E-state index in [0.717, 1.165) is 58.8 Å². The molecule has 4 aromatic rings. The average molecular weight is 658 g/mol. The lowest BCUT2D eigenvalue weighted by Crippen LogP contribution is -2.54. The van der Waals surface area contributed by atoms with Gasteiger partial charge in [0.2, 0.25) is 11.8 Å². The molecule has 1 unspecified atom stereocenters. The molecule has 1 fully saturated rings. The molecule has 1 aliphatic rings. The summed E-state index contributed by atoms with van der Waals surface area (Å²) in [6, 6.07) is 26.9. The normalized spacial score (nSPS) is 13.9. The molecule has 1 atom stereocenters. The summed E-state index contributed by atoms with van der Waals surface area (Å²) in [4.78, 5) is 30.1. The third kappa shape index (κ3) is 8.37. The van der Waals surface area contributed by atoms with E-state index < -0.39 is 34.3 Å². The third-order valence-electron chi connectivity index (χ3n) is 8.62. The van der Waals surface area contributed by atoms with Crippen molar-refractivity contribution in [2.75, 3.05) is 18.0 Å². The molecule has 0 spiro atoms. The molecule has 1 aliphatic carbocycles. The van der Waals surface area contributed by atoms with Crippen molar-refractivity contribution in [3.63, 3.8) is 0 Å². The molecule has 0 heterocycles. The highest BCUT2D eigenvalue weighted by Gasteiger charge is 2.35. The number of anilines is 1. The van der Waals surface area contributed by atoms with Crippen LogP contribution in [0, 0.1) is 12.7 Å². The number of nitrogens with one attached hydrogen (secondary N) is 1. The zero-order valence-electron chi connectivity index (χ0n) is 26.6. The summed E-state index contributed by atoms with van der Waals surface area (Å²) >= 11 is 0. The molecule has 2 amide bonds. The summed E-state index contributed by atoms with van der Waals surface area (Å²) in [5.74, 6) is -0.935. The van der Waals surface area contributed by atoms with Gasteiger partial charge in [-0.05, 0) is 85.0 Å². The first-order valence-corrected chi connectivity index (χ1v) is 17.2. The van der Waals surface area contributed by atoms with E-state index in [1.54, 1.807) is 0 Å². The van der Waals surface area contributed by atoms with Crippen LogP contribution in [0.25, 0.3) is 0 Å². The number of ether oxygens (including phenoxy) is 1. The van der Waals surface area contributed by atoms with Gasteiger partial charge in [0.25, 0.3) is 10.0 Å². The maximum atomic E-state index is 14.6.